The number of nitrogens with zero attached hydrogens (tertiary/aromatic N) is 4. The van der Waals surface area contributed by atoms with E-state index in [1.807, 2.05) is 4.90 Å². The molecule has 0 unspecified atom stereocenters. The lowest BCUT2D eigenvalue weighted by Crippen LogP contribution is -2.49. The van der Waals surface area contributed by atoms with Gasteiger partial charge < -0.3 is 19.9 Å². The van der Waals surface area contributed by atoms with Gasteiger partial charge in [0.2, 0.25) is 0 Å². The molecule has 8 heteroatoms. The second-order valence-electron chi connectivity index (χ2n) is 5.56. The molecule has 24 heavy (non-hydrogen) atoms. The van der Waals surface area contributed by atoms with Gasteiger partial charge in [-0.25, -0.2) is 4.79 Å². The topological polar surface area (TPSA) is 87.7 Å². The van der Waals surface area contributed by atoms with E-state index in [1.165, 1.54) is 0 Å². The normalized spacial score (nSPS) is 14.4. The third-order valence-corrected chi connectivity index (χ3v) is 3.83. The summed E-state index contributed by atoms with van der Waals surface area (Å²) >= 11 is 0. The summed E-state index contributed by atoms with van der Waals surface area (Å²) < 4.78 is 5.00. The van der Waals surface area contributed by atoms with Gasteiger partial charge in [-0.2, -0.15) is 0 Å². The number of hydrogen-bond donors (Lipinski definition) is 1. The van der Waals surface area contributed by atoms with Crippen LogP contribution >= 0.6 is 0 Å². The standard InChI is InChI=1S/C16H25N5O3/c1-3-5-8-17-15(22)13-6-7-14(19-18-13)20-9-11-21(12-10-20)16(23)24-4-2/h6-7H,3-5,8-12H2,1-2H3,(H,17,22). The van der Waals surface area contributed by atoms with Crippen LogP contribution in [-0.4, -0.2) is 66.4 Å². The van der Waals surface area contributed by atoms with Gasteiger partial charge in [0.05, 0.1) is 6.61 Å². The van der Waals surface area contributed by atoms with Crippen molar-refractivity contribution in [2.24, 2.45) is 0 Å². The molecule has 1 fully saturated rings. The number of anilines is 1. The molecule has 0 aliphatic carbocycles. The van der Waals surface area contributed by atoms with Crippen molar-refractivity contribution in [2.75, 3.05) is 44.2 Å². The molecule has 0 spiro atoms. The van der Waals surface area contributed by atoms with E-state index in [4.69, 9.17) is 4.74 Å². The molecule has 0 saturated carbocycles. The minimum Gasteiger partial charge on any atom is -0.450 e. The lowest BCUT2D eigenvalue weighted by atomic mass is 10.3. The Morgan fingerprint density at radius 3 is 2.50 bits per heavy atom. The molecule has 1 aromatic heterocycles. The fourth-order valence-electron chi connectivity index (χ4n) is 2.42. The number of piperazine rings is 1. The van der Waals surface area contributed by atoms with Crippen LogP contribution in [0.2, 0.25) is 0 Å². The van der Waals surface area contributed by atoms with E-state index in [0.717, 1.165) is 12.8 Å². The summed E-state index contributed by atoms with van der Waals surface area (Å²) in [7, 11) is 0. The first-order valence-electron chi connectivity index (χ1n) is 8.44. The van der Waals surface area contributed by atoms with Crippen molar-refractivity contribution < 1.29 is 14.3 Å². The highest BCUT2D eigenvalue weighted by Gasteiger charge is 2.23. The summed E-state index contributed by atoms with van der Waals surface area (Å²) in [5, 5.41) is 11.0. The first-order chi connectivity index (χ1) is 11.7. The Hall–Kier alpha value is -2.38. The zero-order chi connectivity index (χ0) is 17.4. The van der Waals surface area contributed by atoms with E-state index in [-0.39, 0.29) is 12.0 Å². The van der Waals surface area contributed by atoms with Crippen molar-refractivity contribution >= 4 is 17.8 Å². The van der Waals surface area contributed by atoms with Crippen LogP contribution < -0.4 is 10.2 Å². The van der Waals surface area contributed by atoms with E-state index in [2.05, 4.69) is 22.4 Å². The van der Waals surface area contributed by atoms with Crippen molar-refractivity contribution in [2.45, 2.75) is 26.7 Å². The van der Waals surface area contributed by atoms with Gasteiger partial charge >= 0.3 is 6.09 Å². The number of unbranched alkanes of at least 4 members (excludes halogenated alkanes) is 1. The molecule has 1 aliphatic rings. The molecule has 0 radical (unpaired) electrons. The van der Waals surface area contributed by atoms with Crippen molar-refractivity contribution in [3.63, 3.8) is 0 Å². The maximum absolute atomic E-state index is 11.9. The zero-order valence-corrected chi connectivity index (χ0v) is 14.3. The predicted molar refractivity (Wildman–Crippen MR) is 90.1 cm³/mol. The quantitative estimate of drug-likeness (QED) is 0.788. The summed E-state index contributed by atoms with van der Waals surface area (Å²) in [5.41, 5.74) is 0.319. The highest BCUT2D eigenvalue weighted by atomic mass is 16.6. The van der Waals surface area contributed by atoms with Gasteiger partial charge in [0, 0.05) is 32.7 Å². The number of amides is 2. The fourth-order valence-corrected chi connectivity index (χ4v) is 2.42. The Kier molecular flexibility index (Phi) is 6.77. The Labute approximate surface area is 142 Å². The molecule has 1 N–H and O–H groups in total. The van der Waals surface area contributed by atoms with Gasteiger partial charge in [0.25, 0.3) is 5.91 Å². The van der Waals surface area contributed by atoms with Gasteiger partial charge in [-0.05, 0) is 25.5 Å². The Morgan fingerprint density at radius 1 is 1.17 bits per heavy atom. The zero-order valence-electron chi connectivity index (χ0n) is 14.3. The summed E-state index contributed by atoms with van der Waals surface area (Å²) in [6.45, 7) is 7.39. The van der Waals surface area contributed by atoms with Crippen LogP contribution in [0.1, 0.15) is 37.2 Å². The molecule has 2 heterocycles. The van der Waals surface area contributed by atoms with Crippen LogP contribution in [0.4, 0.5) is 10.6 Å². The monoisotopic (exact) mass is 335 g/mol. The maximum Gasteiger partial charge on any atom is 0.409 e. The number of rotatable bonds is 6. The largest absolute Gasteiger partial charge is 0.450 e. The molecule has 0 bridgehead atoms. The summed E-state index contributed by atoms with van der Waals surface area (Å²) in [5.74, 6) is 0.512. The lowest BCUT2D eigenvalue weighted by Gasteiger charge is -2.34. The fraction of sp³-hybridized carbons (Fsp3) is 0.625. The van der Waals surface area contributed by atoms with Crippen LogP contribution in [0.5, 0.6) is 0 Å². The molecule has 2 amide bonds. The number of aromatic nitrogens is 2. The minimum atomic E-state index is -0.276. The highest BCUT2D eigenvalue weighted by molar-refractivity contribution is 5.92. The first-order valence-corrected chi connectivity index (χ1v) is 8.44. The van der Waals surface area contributed by atoms with E-state index in [9.17, 15) is 9.59 Å². The van der Waals surface area contributed by atoms with E-state index in [1.54, 1.807) is 24.0 Å². The molecule has 1 aliphatic heterocycles. The molecule has 0 aromatic carbocycles. The Balaban J connectivity index is 1.86. The van der Waals surface area contributed by atoms with Gasteiger partial charge in [0.15, 0.2) is 11.5 Å². The van der Waals surface area contributed by atoms with Crippen LogP contribution in [0, 0.1) is 0 Å². The van der Waals surface area contributed by atoms with Gasteiger partial charge in [-0.1, -0.05) is 13.3 Å². The summed E-state index contributed by atoms with van der Waals surface area (Å²) in [6.07, 6.45) is 1.70. The third kappa shape index (κ3) is 4.81. The third-order valence-electron chi connectivity index (χ3n) is 3.83. The second kappa shape index (κ2) is 9.05. The molecule has 8 nitrogen and oxygen atoms in total. The molecule has 1 aromatic rings. The summed E-state index contributed by atoms with van der Waals surface area (Å²) in [6, 6.07) is 3.48. The molecular weight excluding hydrogens is 310 g/mol. The second-order valence-corrected chi connectivity index (χ2v) is 5.56. The molecular formula is C16H25N5O3. The van der Waals surface area contributed by atoms with Crippen molar-refractivity contribution in [3.8, 4) is 0 Å². The molecule has 1 saturated heterocycles. The van der Waals surface area contributed by atoms with E-state index >= 15 is 0 Å². The van der Waals surface area contributed by atoms with Crippen LogP contribution in [0.3, 0.4) is 0 Å². The minimum absolute atomic E-state index is 0.199. The average molecular weight is 335 g/mol. The average Bonchev–Trinajstić information content (AvgIpc) is 2.62. The number of carbonyl (C=O) groups excluding carboxylic acids is 2. The smallest absolute Gasteiger partial charge is 0.409 e. The SMILES string of the molecule is CCCCNC(=O)c1ccc(N2CCN(C(=O)OCC)CC2)nn1. The number of carbonyl (C=O) groups is 2. The summed E-state index contributed by atoms with van der Waals surface area (Å²) in [4.78, 5) is 27.3. The van der Waals surface area contributed by atoms with Gasteiger partial charge in [-0.3, -0.25) is 4.79 Å². The van der Waals surface area contributed by atoms with Gasteiger partial charge in [0.1, 0.15) is 0 Å². The Morgan fingerprint density at radius 2 is 1.92 bits per heavy atom. The van der Waals surface area contributed by atoms with Crippen molar-refractivity contribution in [3.05, 3.63) is 17.8 Å². The van der Waals surface area contributed by atoms with Gasteiger partial charge in [-0.15, -0.1) is 10.2 Å². The van der Waals surface area contributed by atoms with Crippen molar-refractivity contribution in [1.29, 1.82) is 0 Å². The van der Waals surface area contributed by atoms with Crippen LogP contribution in [0.15, 0.2) is 12.1 Å². The molecule has 132 valence electrons. The molecule has 2 rings (SSSR count). The number of hydrogen-bond acceptors (Lipinski definition) is 6. The van der Waals surface area contributed by atoms with Crippen molar-refractivity contribution in [1.82, 2.24) is 20.4 Å². The van der Waals surface area contributed by atoms with Crippen LogP contribution in [0.25, 0.3) is 0 Å². The first kappa shape index (κ1) is 18.0. The van der Waals surface area contributed by atoms with Crippen LogP contribution in [-0.2, 0) is 4.74 Å². The number of nitrogens with one attached hydrogen (secondary N) is 1. The Bertz CT molecular complexity index is 541. The maximum atomic E-state index is 11.9. The highest BCUT2D eigenvalue weighted by Crippen LogP contribution is 2.13. The molecule has 0 atom stereocenters. The predicted octanol–water partition coefficient (Wildman–Crippen LogP) is 1.28. The van der Waals surface area contributed by atoms with E-state index < -0.39 is 0 Å². The lowest BCUT2D eigenvalue weighted by molar-refractivity contribution is 0.0946. The van der Waals surface area contributed by atoms with E-state index in [0.29, 0.717) is 50.8 Å². The number of ether oxygens (including phenoxy) is 1.